The summed E-state index contributed by atoms with van der Waals surface area (Å²) in [7, 11) is 1.83. The molecule has 0 unspecified atom stereocenters. The minimum Gasteiger partial charge on any atom is -0.380 e. The lowest BCUT2D eigenvalue weighted by molar-refractivity contribution is -0.0352. The van der Waals surface area contributed by atoms with Crippen molar-refractivity contribution in [3.63, 3.8) is 0 Å². The molecule has 23 heavy (non-hydrogen) atoms. The van der Waals surface area contributed by atoms with E-state index in [2.05, 4.69) is 20.5 Å². The van der Waals surface area contributed by atoms with Crippen molar-refractivity contribution in [3.05, 3.63) is 0 Å². The maximum atomic E-state index is 5.55. The van der Waals surface area contributed by atoms with E-state index in [1.54, 1.807) is 0 Å². The number of nitrogens with one attached hydrogen (secondary N) is 2. The second-order valence-corrected chi connectivity index (χ2v) is 6.43. The first-order chi connectivity index (χ1) is 11.3. The summed E-state index contributed by atoms with van der Waals surface area (Å²) in [5.41, 5.74) is 0.263. The molecule has 0 aromatic rings. The lowest BCUT2D eigenvalue weighted by atomic mass is 9.80. The van der Waals surface area contributed by atoms with Gasteiger partial charge in [-0.15, -0.1) is 0 Å². The quantitative estimate of drug-likeness (QED) is 0.419. The van der Waals surface area contributed by atoms with Crippen LogP contribution < -0.4 is 10.6 Å². The van der Waals surface area contributed by atoms with Gasteiger partial charge in [-0.1, -0.05) is 19.3 Å². The number of hydrogen-bond acceptors (Lipinski definition) is 4. The SMILES string of the molecule is CCOCCNC(=NC)NCC1(N2CCOCC2)CCCCC1. The van der Waals surface area contributed by atoms with Crippen LogP contribution in [0, 0.1) is 0 Å². The Morgan fingerprint density at radius 2 is 1.91 bits per heavy atom. The molecule has 0 aromatic heterocycles. The predicted octanol–water partition coefficient (Wildman–Crippen LogP) is 1.22. The Hall–Kier alpha value is -0.850. The first kappa shape index (κ1) is 18.5. The van der Waals surface area contributed by atoms with Crippen molar-refractivity contribution in [2.24, 2.45) is 4.99 Å². The largest absolute Gasteiger partial charge is 0.380 e. The number of hydrogen-bond donors (Lipinski definition) is 2. The molecule has 6 heteroatoms. The van der Waals surface area contributed by atoms with Gasteiger partial charge in [0, 0.05) is 45.4 Å². The number of morpholine rings is 1. The third kappa shape index (κ3) is 5.62. The van der Waals surface area contributed by atoms with E-state index in [1.165, 1.54) is 32.1 Å². The van der Waals surface area contributed by atoms with Crippen molar-refractivity contribution in [2.75, 3.05) is 59.7 Å². The standard InChI is InChI=1S/C17H34N4O2/c1-3-22-12-9-19-16(18-2)20-15-17(7-5-4-6-8-17)21-10-13-23-14-11-21/h3-15H2,1-2H3,(H2,18,19,20). The number of aliphatic imine (C=N–C) groups is 1. The molecule has 2 N–H and O–H groups in total. The molecule has 6 nitrogen and oxygen atoms in total. The number of rotatable bonds is 7. The van der Waals surface area contributed by atoms with E-state index >= 15 is 0 Å². The fraction of sp³-hybridized carbons (Fsp3) is 0.941. The molecule has 0 radical (unpaired) electrons. The molecule has 1 saturated carbocycles. The third-order valence-electron chi connectivity index (χ3n) is 5.02. The molecule has 0 amide bonds. The second kappa shape index (κ2) is 10.1. The minimum atomic E-state index is 0.263. The summed E-state index contributed by atoms with van der Waals surface area (Å²) in [6.45, 7) is 9.07. The smallest absolute Gasteiger partial charge is 0.191 e. The Bertz CT molecular complexity index is 351. The van der Waals surface area contributed by atoms with Crippen LogP contribution in [0.2, 0.25) is 0 Å². The predicted molar refractivity (Wildman–Crippen MR) is 94.1 cm³/mol. The molecule has 0 atom stereocenters. The zero-order chi connectivity index (χ0) is 16.4. The molecule has 0 spiro atoms. The average molecular weight is 326 g/mol. The zero-order valence-corrected chi connectivity index (χ0v) is 14.9. The first-order valence-electron chi connectivity index (χ1n) is 9.16. The van der Waals surface area contributed by atoms with Gasteiger partial charge in [-0.2, -0.15) is 0 Å². The van der Waals surface area contributed by atoms with Crippen LogP contribution in [0.1, 0.15) is 39.0 Å². The summed E-state index contributed by atoms with van der Waals surface area (Å²) in [6, 6.07) is 0. The summed E-state index contributed by atoms with van der Waals surface area (Å²) < 4.78 is 10.9. The third-order valence-corrected chi connectivity index (χ3v) is 5.02. The van der Waals surface area contributed by atoms with E-state index in [0.717, 1.165) is 52.0 Å². The minimum absolute atomic E-state index is 0.263. The molecule has 2 fully saturated rings. The van der Waals surface area contributed by atoms with Crippen LogP contribution >= 0.6 is 0 Å². The van der Waals surface area contributed by atoms with E-state index in [4.69, 9.17) is 9.47 Å². The molecule has 0 aromatic carbocycles. The average Bonchev–Trinajstić information content (AvgIpc) is 2.63. The summed E-state index contributed by atoms with van der Waals surface area (Å²) in [5.74, 6) is 0.878. The van der Waals surface area contributed by atoms with Crippen molar-refractivity contribution in [3.8, 4) is 0 Å². The molecule has 1 aliphatic heterocycles. The lowest BCUT2D eigenvalue weighted by Crippen LogP contribution is -2.60. The van der Waals surface area contributed by atoms with Crippen molar-refractivity contribution in [1.29, 1.82) is 0 Å². The van der Waals surface area contributed by atoms with Gasteiger partial charge in [-0.25, -0.2) is 0 Å². The monoisotopic (exact) mass is 326 g/mol. The Kier molecular flexibility index (Phi) is 8.12. The van der Waals surface area contributed by atoms with Crippen LogP contribution in [0.25, 0.3) is 0 Å². The molecule has 2 aliphatic rings. The van der Waals surface area contributed by atoms with Gasteiger partial charge in [0.2, 0.25) is 0 Å². The van der Waals surface area contributed by atoms with Gasteiger partial charge in [0.05, 0.1) is 19.8 Å². The van der Waals surface area contributed by atoms with Gasteiger partial charge in [0.15, 0.2) is 5.96 Å². The van der Waals surface area contributed by atoms with Gasteiger partial charge in [0.25, 0.3) is 0 Å². The molecular formula is C17H34N4O2. The highest BCUT2D eigenvalue weighted by molar-refractivity contribution is 5.79. The van der Waals surface area contributed by atoms with Gasteiger partial charge < -0.3 is 20.1 Å². The fourth-order valence-electron chi connectivity index (χ4n) is 3.71. The summed E-state index contributed by atoms with van der Waals surface area (Å²) >= 11 is 0. The van der Waals surface area contributed by atoms with Crippen LogP contribution in [-0.2, 0) is 9.47 Å². The highest BCUT2D eigenvalue weighted by atomic mass is 16.5. The Balaban J connectivity index is 1.86. The van der Waals surface area contributed by atoms with Crippen LogP contribution in [0.3, 0.4) is 0 Å². The Morgan fingerprint density at radius 1 is 1.17 bits per heavy atom. The van der Waals surface area contributed by atoms with E-state index in [-0.39, 0.29) is 5.54 Å². The molecule has 0 bridgehead atoms. The number of ether oxygens (including phenoxy) is 2. The van der Waals surface area contributed by atoms with Gasteiger partial charge in [-0.3, -0.25) is 9.89 Å². The maximum absolute atomic E-state index is 5.55. The normalized spacial score (nSPS) is 22.8. The van der Waals surface area contributed by atoms with E-state index in [9.17, 15) is 0 Å². The summed E-state index contributed by atoms with van der Waals surface area (Å²) in [4.78, 5) is 6.99. The number of nitrogens with zero attached hydrogens (tertiary/aromatic N) is 2. The molecule has 1 heterocycles. The highest BCUT2D eigenvalue weighted by Crippen LogP contribution is 2.33. The van der Waals surface area contributed by atoms with Crippen LogP contribution in [0.4, 0.5) is 0 Å². The number of guanidine groups is 1. The Morgan fingerprint density at radius 3 is 2.57 bits per heavy atom. The van der Waals surface area contributed by atoms with E-state index < -0.39 is 0 Å². The first-order valence-corrected chi connectivity index (χ1v) is 9.16. The van der Waals surface area contributed by atoms with E-state index in [1.807, 2.05) is 14.0 Å². The van der Waals surface area contributed by atoms with Crippen LogP contribution in [0.15, 0.2) is 4.99 Å². The molecule has 134 valence electrons. The van der Waals surface area contributed by atoms with Crippen molar-refractivity contribution in [1.82, 2.24) is 15.5 Å². The molecule has 2 rings (SSSR count). The highest BCUT2D eigenvalue weighted by Gasteiger charge is 2.38. The summed E-state index contributed by atoms with van der Waals surface area (Å²) in [6.07, 6.45) is 6.57. The maximum Gasteiger partial charge on any atom is 0.191 e. The van der Waals surface area contributed by atoms with Crippen molar-refractivity contribution in [2.45, 2.75) is 44.6 Å². The topological polar surface area (TPSA) is 58.1 Å². The zero-order valence-electron chi connectivity index (χ0n) is 14.9. The molecule has 1 aliphatic carbocycles. The van der Waals surface area contributed by atoms with Crippen LogP contribution in [0.5, 0.6) is 0 Å². The fourth-order valence-corrected chi connectivity index (χ4v) is 3.71. The Labute approximate surface area is 141 Å². The lowest BCUT2D eigenvalue weighted by Gasteiger charge is -2.48. The second-order valence-electron chi connectivity index (χ2n) is 6.43. The molecular weight excluding hydrogens is 292 g/mol. The van der Waals surface area contributed by atoms with Crippen molar-refractivity contribution >= 4 is 5.96 Å². The van der Waals surface area contributed by atoms with Gasteiger partial charge in [-0.05, 0) is 19.8 Å². The van der Waals surface area contributed by atoms with Gasteiger partial charge >= 0.3 is 0 Å². The van der Waals surface area contributed by atoms with Crippen LogP contribution in [-0.4, -0.2) is 76.1 Å². The van der Waals surface area contributed by atoms with Gasteiger partial charge in [0.1, 0.15) is 0 Å². The molecule has 1 saturated heterocycles. The van der Waals surface area contributed by atoms with E-state index in [0.29, 0.717) is 6.61 Å². The van der Waals surface area contributed by atoms with Crippen molar-refractivity contribution < 1.29 is 9.47 Å². The summed E-state index contributed by atoms with van der Waals surface area (Å²) in [5, 5.41) is 6.89.